The highest BCUT2D eigenvalue weighted by Gasteiger charge is 2.26. The number of aliphatic carboxylic acids is 1. The molecule has 1 aliphatic carbocycles. The van der Waals surface area contributed by atoms with Gasteiger partial charge in [-0.15, -0.1) is 0 Å². The maximum atomic E-state index is 11.3. The Labute approximate surface area is 223 Å². The van der Waals surface area contributed by atoms with Gasteiger partial charge in [-0.2, -0.15) is 0 Å². The van der Waals surface area contributed by atoms with Crippen molar-refractivity contribution < 1.29 is 27.8 Å². The van der Waals surface area contributed by atoms with Crippen molar-refractivity contribution in [1.29, 1.82) is 0 Å². The number of hydrogen-bond acceptors (Lipinski definition) is 6. The van der Waals surface area contributed by atoms with E-state index in [-0.39, 0.29) is 18.1 Å². The van der Waals surface area contributed by atoms with Crippen molar-refractivity contribution >= 4 is 21.5 Å². The predicted molar refractivity (Wildman–Crippen MR) is 148 cm³/mol. The number of aryl methyl sites for hydroxylation is 2. The Morgan fingerprint density at radius 3 is 2.71 bits per heavy atom. The van der Waals surface area contributed by atoms with Gasteiger partial charge in [0.2, 0.25) is 0 Å². The third kappa shape index (κ3) is 6.30. The minimum atomic E-state index is -2.98. The summed E-state index contributed by atoms with van der Waals surface area (Å²) >= 11 is 0. The molecule has 7 nitrogen and oxygen atoms in total. The maximum absolute atomic E-state index is 11.3. The van der Waals surface area contributed by atoms with Gasteiger partial charge in [-0.05, 0) is 77.8 Å². The number of carbonyl (C=O) groups is 1. The molecule has 1 atom stereocenters. The Kier molecular flexibility index (Phi) is 7.61. The fourth-order valence-electron chi connectivity index (χ4n) is 5.28. The second-order valence-electron chi connectivity index (χ2n) is 10.2. The molecule has 0 fully saturated rings. The highest BCUT2D eigenvalue weighted by atomic mass is 32.2. The summed E-state index contributed by atoms with van der Waals surface area (Å²) in [4.78, 5) is 11.1. The number of rotatable bonds is 10. The second kappa shape index (κ2) is 11.1. The third-order valence-electron chi connectivity index (χ3n) is 7.17. The van der Waals surface area contributed by atoms with Crippen molar-refractivity contribution in [1.82, 2.24) is 0 Å². The highest BCUT2D eigenvalue weighted by Crippen LogP contribution is 2.38. The summed E-state index contributed by atoms with van der Waals surface area (Å²) in [5.74, 6) is 0.757. The van der Waals surface area contributed by atoms with Crippen LogP contribution in [0.4, 0.5) is 5.69 Å². The summed E-state index contributed by atoms with van der Waals surface area (Å²) < 4.78 is 34.3. The summed E-state index contributed by atoms with van der Waals surface area (Å²) in [6.45, 7) is 1.44. The molecule has 0 saturated carbocycles. The van der Waals surface area contributed by atoms with Gasteiger partial charge in [-0.3, -0.25) is 4.79 Å². The Bertz CT molecular complexity index is 1450. The molecule has 0 bridgehead atoms. The fraction of sp³-hybridized carbons (Fsp3) is 0.367. The lowest BCUT2D eigenvalue weighted by atomic mass is 9.94. The van der Waals surface area contributed by atoms with Crippen LogP contribution in [0, 0.1) is 0 Å². The number of nitrogens with one attached hydrogen (secondary N) is 1. The van der Waals surface area contributed by atoms with Crippen molar-refractivity contribution in [2.75, 3.05) is 30.5 Å². The lowest BCUT2D eigenvalue weighted by Gasteiger charge is -2.14. The average molecular weight is 536 g/mol. The van der Waals surface area contributed by atoms with Crippen molar-refractivity contribution in [2.45, 2.75) is 44.6 Å². The predicted octanol–water partition coefficient (Wildman–Crippen LogP) is 5.22. The van der Waals surface area contributed by atoms with Gasteiger partial charge in [-0.1, -0.05) is 24.3 Å². The minimum absolute atomic E-state index is 0.0766. The van der Waals surface area contributed by atoms with Crippen LogP contribution in [0.1, 0.15) is 47.4 Å². The number of fused-ring (bicyclic) bond motifs is 4. The van der Waals surface area contributed by atoms with E-state index in [1.807, 2.05) is 24.3 Å². The van der Waals surface area contributed by atoms with Crippen LogP contribution in [0.3, 0.4) is 0 Å². The van der Waals surface area contributed by atoms with Crippen LogP contribution >= 0.6 is 0 Å². The Morgan fingerprint density at radius 1 is 1.05 bits per heavy atom. The van der Waals surface area contributed by atoms with Crippen LogP contribution in [-0.4, -0.2) is 44.7 Å². The van der Waals surface area contributed by atoms with E-state index in [1.54, 1.807) is 0 Å². The van der Waals surface area contributed by atoms with Gasteiger partial charge < -0.3 is 19.9 Å². The fourth-order valence-corrected chi connectivity index (χ4v) is 5.92. The van der Waals surface area contributed by atoms with Crippen LogP contribution in [0.5, 0.6) is 11.5 Å². The number of carboxylic acids is 1. The number of hydrogen-bond donors (Lipinski definition) is 2. The van der Waals surface area contributed by atoms with E-state index in [9.17, 15) is 13.2 Å². The second-order valence-corrected chi connectivity index (χ2v) is 12.5. The third-order valence-corrected chi connectivity index (χ3v) is 8.20. The van der Waals surface area contributed by atoms with Gasteiger partial charge in [0.05, 0.1) is 25.4 Å². The van der Waals surface area contributed by atoms with E-state index in [1.165, 1.54) is 34.1 Å². The van der Waals surface area contributed by atoms with Crippen LogP contribution in [-0.2, 0) is 34.0 Å². The Balaban J connectivity index is 1.27. The molecule has 38 heavy (non-hydrogen) atoms. The van der Waals surface area contributed by atoms with Crippen molar-refractivity contribution in [3.8, 4) is 22.6 Å². The molecule has 5 rings (SSSR count). The largest absolute Gasteiger partial charge is 0.494 e. The van der Waals surface area contributed by atoms with E-state index in [0.29, 0.717) is 26.2 Å². The zero-order valence-electron chi connectivity index (χ0n) is 21.5. The molecule has 3 aromatic carbocycles. The molecule has 1 unspecified atom stereocenters. The Hall–Kier alpha value is -3.52. The zero-order chi connectivity index (χ0) is 26.7. The first-order chi connectivity index (χ1) is 18.2. The summed E-state index contributed by atoms with van der Waals surface area (Å²) in [5, 5.41) is 12.6. The van der Waals surface area contributed by atoms with E-state index < -0.39 is 15.8 Å². The molecule has 2 N–H and O–H groups in total. The van der Waals surface area contributed by atoms with Gasteiger partial charge in [0.1, 0.15) is 21.3 Å². The summed E-state index contributed by atoms with van der Waals surface area (Å²) in [5.41, 5.74) is 8.12. The molecule has 0 radical (unpaired) electrons. The molecule has 200 valence electrons. The van der Waals surface area contributed by atoms with Gasteiger partial charge in [-0.25, -0.2) is 8.42 Å². The number of sulfone groups is 1. The SMILES string of the molecule is CS(=O)(=O)CCCOc1ccc2c(c1)CCCc1ccc(CNc3ccc4c(c3)OCC4CC(=O)O)cc1-2. The van der Waals surface area contributed by atoms with E-state index in [0.717, 1.165) is 42.0 Å². The van der Waals surface area contributed by atoms with Crippen LogP contribution in [0.2, 0.25) is 0 Å². The first-order valence-electron chi connectivity index (χ1n) is 13.0. The lowest BCUT2D eigenvalue weighted by molar-refractivity contribution is -0.137. The standard InChI is InChI=1S/C30H33NO6S/c1-38(34,35)13-3-12-36-25-9-11-26-22(15-25)5-2-4-21-7-6-20(14-28(21)26)18-31-24-8-10-27-23(16-30(32)33)19-37-29(27)17-24/h6-11,14-15,17,23,31H,2-5,12-13,16,18-19H2,1H3,(H,32,33). The smallest absolute Gasteiger partial charge is 0.304 e. The van der Waals surface area contributed by atoms with Crippen molar-refractivity contribution in [2.24, 2.45) is 0 Å². The molecule has 1 aliphatic heterocycles. The van der Waals surface area contributed by atoms with Crippen LogP contribution in [0.15, 0.2) is 54.6 Å². The first-order valence-corrected chi connectivity index (χ1v) is 15.1. The normalized spacial score (nSPS) is 16.0. The average Bonchev–Trinajstić information content (AvgIpc) is 3.17. The molecule has 2 aliphatic rings. The monoisotopic (exact) mass is 535 g/mol. The number of anilines is 1. The summed E-state index contributed by atoms with van der Waals surface area (Å²) in [7, 11) is -2.98. The van der Waals surface area contributed by atoms with Gasteiger partial charge in [0.15, 0.2) is 0 Å². The van der Waals surface area contributed by atoms with Crippen molar-refractivity contribution in [3.05, 3.63) is 76.9 Å². The first kappa shape index (κ1) is 26.1. The molecule has 0 amide bonds. The summed E-state index contributed by atoms with van der Waals surface area (Å²) in [6, 6.07) is 18.7. The molecule has 0 spiro atoms. The van der Waals surface area contributed by atoms with E-state index in [4.69, 9.17) is 14.6 Å². The van der Waals surface area contributed by atoms with Gasteiger partial charge in [0, 0.05) is 36.0 Å². The number of ether oxygens (including phenoxy) is 2. The van der Waals surface area contributed by atoms with Crippen LogP contribution in [0.25, 0.3) is 11.1 Å². The molecule has 1 heterocycles. The molecule has 0 saturated heterocycles. The quantitative estimate of drug-likeness (QED) is 0.343. The van der Waals surface area contributed by atoms with Gasteiger partial charge in [0.25, 0.3) is 0 Å². The van der Waals surface area contributed by atoms with E-state index in [2.05, 4.69) is 35.6 Å². The number of carboxylic acid groups (broad SMARTS) is 1. The van der Waals surface area contributed by atoms with Crippen LogP contribution < -0.4 is 14.8 Å². The minimum Gasteiger partial charge on any atom is -0.494 e. The molecule has 8 heteroatoms. The molecule has 3 aromatic rings. The Morgan fingerprint density at radius 2 is 1.89 bits per heavy atom. The molecular formula is C30H33NO6S. The zero-order valence-corrected chi connectivity index (χ0v) is 22.4. The van der Waals surface area contributed by atoms with Crippen molar-refractivity contribution in [3.63, 3.8) is 0 Å². The summed E-state index contributed by atoms with van der Waals surface area (Å²) in [6.07, 6.45) is 4.85. The lowest BCUT2D eigenvalue weighted by Crippen LogP contribution is -2.08. The van der Waals surface area contributed by atoms with Gasteiger partial charge >= 0.3 is 5.97 Å². The molecular weight excluding hydrogens is 502 g/mol. The highest BCUT2D eigenvalue weighted by molar-refractivity contribution is 7.90. The molecule has 0 aromatic heterocycles. The number of benzene rings is 3. The topological polar surface area (TPSA) is 102 Å². The van der Waals surface area contributed by atoms with E-state index >= 15 is 0 Å². The maximum Gasteiger partial charge on any atom is 0.304 e.